The topological polar surface area (TPSA) is 70.6 Å². The first kappa shape index (κ1) is 19.6. The maximum Gasteiger partial charge on any atom is 0.263 e. The van der Waals surface area contributed by atoms with Gasteiger partial charge >= 0.3 is 0 Å². The highest BCUT2D eigenvalue weighted by atomic mass is 35.5. The van der Waals surface area contributed by atoms with Gasteiger partial charge < -0.3 is 5.32 Å². The molecule has 2 aromatic carbocycles. The number of carbonyl (C=O) groups excluding carboxylic acids is 2. The third-order valence-electron chi connectivity index (χ3n) is 3.53. The van der Waals surface area contributed by atoms with E-state index in [1.165, 1.54) is 17.6 Å². The standard InChI is InChI=1S/C18H12Cl3N3O2S/c19-12-5-3-6-13(20)11(12)8-23-24-15(25)9-22-18(26)17-16(21)10-4-1-2-7-14(10)27-17/h1-8H,9H2,(H,22,26)(H,24,25). The molecule has 9 heteroatoms. The van der Waals surface area contributed by atoms with Crippen LogP contribution >= 0.6 is 46.1 Å². The van der Waals surface area contributed by atoms with Crippen LogP contribution in [0.3, 0.4) is 0 Å². The first-order valence-corrected chi connectivity index (χ1v) is 9.63. The summed E-state index contributed by atoms with van der Waals surface area (Å²) in [5.74, 6) is -0.922. The normalized spacial score (nSPS) is 11.1. The molecular weight excluding hydrogens is 429 g/mol. The third-order valence-corrected chi connectivity index (χ3v) is 5.87. The predicted octanol–water partition coefficient (Wildman–Crippen LogP) is 4.74. The molecule has 0 aliphatic heterocycles. The van der Waals surface area contributed by atoms with E-state index >= 15 is 0 Å². The molecule has 0 saturated carbocycles. The molecule has 0 fully saturated rings. The van der Waals surface area contributed by atoms with Crippen LogP contribution in [0.1, 0.15) is 15.2 Å². The Kier molecular flexibility index (Phi) is 6.34. The van der Waals surface area contributed by atoms with Crippen LogP contribution in [-0.2, 0) is 4.79 Å². The lowest BCUT2D eigenvalue weighted by atomic mass is 10.2. The number of nitrogens with zero attached hydrogens (tertiary/aromatic N) is 1. The van der Waals surface area contributed by atoms with Crippen LogP contribution in [0, 0.1) is 0 Å². The molecular formula is C18H12Cl3N3O2S. The molecule has 0 atom stereocenters. The summed E-state index contributed by atoms with van der Waals surface area (Å²) in [6.07, 6.45) is 1.34. The average molecular weight is 441 g/mol. The molecule has 0 aliphatic rings. The van der Waals surface area contributed by atoms with Gasteiger partial charge in [0, 0.05) is 15.6 Å². The molecule has 1 aromatic heterocycles. The second-order valence-corrected chi connectivity index (χ2v) is 7.60. The zero-order chi connectivity index (χ0) is 19.4. The van der Waals surface area contributed by atoms with Gasteiger partial charge in [0.2, 0.25) is 0 Å². The molecule has 5 nitrogen and oxygen atoms in total. The highest BCUT2D eigenvalue weighted by molar-refractivity contribution is 7.21. The molecule has 0 unspecified atom stereocenters. The molecule has 2 amide bonds. The number of carbonyl (C=O) groups is 2. The zero-order valence-corrected chi connectivity index (χ0v) is 16.7. The minimum Gasteiger partial charge on any atom is -0.342 e. The van der Waals surface area contributed by atoms with Crippen molar-refractivity contribution in [3.8, 4) is 0 Å². The summed E-state index contributed by atoms with van der Waals surface area (Å²) in [5, 5.41) is 8.32. The predicted molar refractivity (Wildman–Crippen MR) is 111 cm³/mol. The van der Waals surface area contributed by atoms with Gasteiger partial charge in [0.25, 0.3) is 11.8 Å². The van der Waals surface area contributed by atoms with Crippen molar-refractivity contribution in [1.29, 1.82) is 0 Å². The number of hydrazone groups is 1. The molecule has 3 aromatic rings. The molecule has 0 radical (unpaired) electrons. The number of hydrogen-bond acceptors (Lipinski definition) is 4. The fourth-order valence-electron chi connectivity index (χ4n) is 2.24. The van der Waals surface area contributed by atoms with E-state index in [4.69, 9.17) is 34.8 Å². The Morgan fingerprint density at radius 2 is 1.74 bits per heavy atom. The van der Waals surface area contributed by atoms with E-state index in [1.54, 1.807) is 18.2 Å². The number of nitrogens with one attached hydrogen (secondary N) is 2. The van der Waals surface area contributed by atoms with Gasteiger partial charge in [0.05, 0.1) is 27.8 Å². The Balaban J connectivity index is 1.58. The van der Waals surface area contributed by atoms with E-state index in [2.05, 4.69) is 15.8 Å². The van der Waals surface area contributed by atoms with Gasteiger partial charge in [-0.2, -0.15) is 5.10 Å². The lowest BCUT2D eigenvalue weighted by Crippen LogP contribution is -2.34. The van der Waals surface area contributed by atoms with Gasteiger partial charge in [0.1, 0.15) is 4.88 Å². The van der Waals surface area contributed by atoms with Crippen LogP contribution in [0.2, 0.25) is 15.1 Å². The van der Waals surface area contributed by atoms with Crippen molar-refractivity contribution in [3.63, 3.8) is 0 Å². The zero-order valence-electron chi connectivity index (χ0n) is 13.6. The van der Waals surface area contributed by atoms with Crippen molar-refractivity contribution >= 4 is 74.3 Å². The summed E-state index contributed by atoms with van der Waals surface area (Å²) in [4.78, 5) is 24.5. The largest absolute Gasteiger partial charge is 0.342 e. The van der Waals surface area contributed by atoms with Crippen molar-refractivity contribution in [2.45, 2.75) is 0 Å². The van der Waals surface area contributed by atoms with Gasteiger partial charge in [-0.15, -0.1) is 11.3 Å². The number of fused-ring (bicyclic) bond motifs is 1. The van der Waals surface area contributed by atoms with E-state index < -0.39 is 11.8 Å². The molecule has 0 aliphatic carbocycles. The number of amides is 2. The minimum atomic E-state index is -0.500. The first-order valence-electron chi connectivity index (χ1n) is 7.68. The van der Waals surface area contributed by atoms with Gasteiger partial charge in [-0.1, -0.05) is 59.1 Å². The quantitative estimate of drug-likeness (QED) is 0.444. The van der Waals surface area contributed by atoms with Gasteiger partial charge in [0.15, 0.2) is 0 Å². The Hall–Kier alpha value is -2.12. The Bertz CT molecular complexity index is 1030. The molecule has 27 heavy (non-hydrogen) atoms. The highest BCUT2D eigenvalue weighted by Crippen LogP contribution is 2.34. The molecule has 2 N–H and O–H groups in total. The molecule has 3 rings (SSSR count). The van der Waals surface area contributed by atoms with E-state index in [-0.39, 0.29) is 6.54 Å². The monoisotopic (exact) mass is 439 g/mol. The second kappa shape index (κ2) is 8.71. The van der Waals surface area contributed by atoms with Crippen LogP contribution in [0.15, 0.2) is 47.6 Å². The molecule has 0 saturated heterocycles. The van der Waals surface area contributed by atoms with Crippen LogP contribution < -0.4 is 10.7 Å². The van der Waals surface area contributed by atoms with Crippen molar-refractivity contribution in [2.75, 3.05) is 6.54 Å². The van der Waals surface area contributed by atoms with Gasteiger partial charge in [-0.05, 0) is 18.2 Å². The maximum absolute atomic E-state index is 12.3. The fourth-order valence-corrected chi connectivity index (χ4v) is 4.17. The summed E-state index contributed by atoms with van der Waals surface area (Å²) in [6.45, 7) is -0.253. The SMILES string of the molecule is O=C(CNC(=O)c1sc2ccccc2c1Cl)NN=Cc1c(Cl)cccc1Cl. The summed E-state index contributed by atoms with van der Waals surface area (Å²) in [7, 11) is 0. The number of rotatable bonds is 5. The van der Waals surface area contributed by atoms with Crippen molar-refractivity contribution in [1.82, 2.24) is 10.7 Å². The molecule has 138 valence electrons. The van der Waals surface area contributed by atoms with Crippen molar-refractivity contribution in [2.24, 2.45) is 5.10 Å². The molecule has 1 heterocycles. The minimum absolute atomic E-state index is 0.253. The van der Waals surface area contributed by atoms with Crippen molar-refractivity contribution < 1.29 is 9.59 Å². The number of hydrogen-bond donors (Lipinski definition) is 2. The van der Waals surface area contributed by atoms with Gasteiger partial charge in [-0.3, -0.25) is 9.59 Å². The Morgan fingerprint density at radius 1 is 1.04 bits per heavy atom. The number of halogens is 3. The Labute approximate surface area is 173 Å². The van der Waals surface area contributed by atoms with Crippen molar-refractivity contribution in [3.05, 3.63) is 68.0 Å². The summed E-state index contributed by atoms with van der Waals surface area (Å²) in [6, 6.07) is 12.5. The summed E-state index contributed by atoms with van der Waals surface area (Å²) in [5.41, 5.74) is 2.79. The van der Waals surface area contributed by atoms with Crippen LogP contribution in [-0.4, -0.2) is 24.6 Å². The third kappa shape index (κ3) is 4.59. The summed E-state index contributed by atoms with van der Waals surface area (Å²) < 4.78 is 0.901. The summed E-state index contributed by atoms with van der Waals surface area (Å²) >= 11 is 19.5. The van der Waals surface area contributed by atoms with Gasteiger partial charge in [-0.25, -0.2) is 5.43 Å². The smallest absolute Gasteiger partial charge is 0.263 e. The number of benzene rings is 2. The fraction of sp³-hybridized carbons (Fsp3) is 0.0556. The van der Waals surface area contributed by atoms with E-state index in [1.807, 2.05) is 24.3 Å². The van der Waals surface area contributed by atoms with Crippen LogP contribution in [0.25, 0.3) is 10.1 Å². The van der Waals surface area contributed by atoms with Crippen LogP contribution in [0.5, 0.6) is 0 Å². The lowest BCUT2D eigenvalue weighted by molar-refractivity contribution is -0.120. The average Bonchev–Trinajstić information content (AvgIpc) is 2.99. The lowest BCUT2D eigenvalue weighted by Gasteiger charge is -2.03. The van der Waals surface area contributed by atoms with E-state index in [0.29, 0.717) is 25.5 Å². The second-order valence-electron chi connectivity index (χ2n) is 5.35. The van der Waals surface area contributed by atoms with Crippen LogP contribution in [0.4, 0.5) is 0 Å². The molecule has 0 bridgehead atoms. The Morgan fingerprint density at radius 3 is 2.44 bits per heavy atom. The van der Waals surface area contributed by atoms with E-state index in [0.717, 1.165) is 10.1 Å². The number of thiophene rings is 1. The van der Waals surface area contributed by atoms with E-state index in [9.17, 15) is 9.59 Å². The first-order chi connectivity index (χ1) is 13.0. The maximum atomic E-state index is 12.3. The molecule has 0 spiro atoms. The highest BCUT2D eigenvalue weighted by Gasteiger charge is 2.17.